The molecular weight excluding hydrogens is 412 g/mol. The quantitative estimate of drug-likeness (QED) is 0.604. The molecule has 3 rings (SSSR count). The van der Waals surface area contributed by atoms with E-state index in [0.29, 0.717) is 12.1 Å². The van der Waals surface area contributed by atoms with Crippen molar-refractivity contribution in [3.8, 4) is 5.75 Å². The van der Waals surface area contributed by atoms with E-state index in [1.165, 1.54) is 11.8 Å². The number of nitrogens with one attached hydrogen (secondary N) is 1. The van der Waals surface area contributed by atoms with Gasteiger partial charge in [0, 0.05) is 22.1 Å². The van der Waals surface area contributed by atoms with Gasteiger partial charge in [0.15, 0.2) is 0 Å². The normalized spacial score (nSPS) is 10.4. The van der Waals surface area contributed by atoms with E-state index in [1.54, 1.807) is 13.3 Å². The zero-order valence-electron chi connectivity index (χ0n) is 14.1. The lowest BCUT2D eigenvalue weighted by molar-refractivity contribution is 0.0948. The number of amides is 1. The van der Waals surface area contributed by atoms with E-state index >= 15 is 0 Å². The van der Waals surface area contributed by atoms with E-state index in [9.17, 15) is 4.79 Å². The van der Waals surface area contributed by atoms with Crippen molar-refractivity contribution in [1.29, 1.82) is 0 Å². The lowest BCUT2D eigenvalue weighted by atomic mass is 10.2. The Labute approximate surface area is 165 Å². The average Bonchev–Trinajstić information content (AvgIpc) is 2.68. The summed E-state index contributed by atoms with van der Waals surface area (Å²) in [5.41, 5.74) is 1.65. The standard InChI is InChI=1S/C20H17BrN2O2S/c1-25-16-9-6-14(7-10-16)12-23-20(24)17-4-2-3-5-18(17)26-19-11-8-15(21)13-22-19/h2-11,13H,12H2,1H3,(H,23,24). The second-order valence-corrected chi connectivity index (χ2v) is 7.42. The maximum absolute atomic E-state index is 12.6. The van der Waals surface area contributed by atoms with Crippen molar-refractivity contribution in [2.24, 2.45) is 0 Å². The van der Waals surface area contributed by atoms with Crippen LogP contribution in [-0.4, -0.2) is 18.0 Å². The van der Waals surface area contributed by atoms with Crippen molar-refractivity contribution in [3.05, 3.63) is 82.5 Å². The molecule has 3 aromatic rings. The number of ether oxygens (including phenoxy) is 1. The summed E-state index contributed by atoms with van der Waals surface area (Å²) in [5, 5.41) is 3.80. The Morgan fingerprint density at radius 2 is 1.88 bits per heavy atom. The molecule has 1 amide bonds. The molecule has 0 saturated carbocycles. The first-order valence-corrected chi connectivity index (χ1v) is 9.56. The minimum atomic E-state index is -0.110. The number of rotatable bonds is 6. The van der Waals surface area contributed by atoms with Crippen LogP contribution in [-0.2, 0) is 6.54 Å². The maximum Gasteiger partial charge on any atom is 0.252 e. The molecule has 0 unspecified atom stereocenters. The van der Waals surface area contributed by atoms with Gasteiger partial charge in [-0.05, 0) is 57.9 Å². The van der Waals surface area contributed by atoms with Crippen molar-refractivity contribution >= 4 is 33.6 Å². The number of benzene rings is 2. The summed E-state index contributed by atoms with van der Waals surface area (Å²) in [6.45, 7) is 0.457. The first kappa shape index (κ1) is 18.5. The molecule has 4 nitrogen and oxygen atoms in total. The molecule has 0 spiro atoms. The minimum Gasteiger partial charge on any atom is -0.497 e. The summed E-state index contributed by atoms with van der Waals surface area (Å²) >= 11 is 4.85. The molecule has 132 valence electrons. The number of nitrogens with zero attached hydrogens (tertiary/aromatic N) is 1. The number of pyridine rings is 1. The van der Waals surface area contributed by atoms with Crippen molar-refractivity contribution < 1.29 is 9.53 Å². The highest BCUT2D eigenvalue weighted by molar-refractivity contribution is 9.10. The lowest BCUT2D eigenvalue weighted by Gasteiger charge is -2.10. The third-order valence-corrected chi connectivity index (χ3v) is 5.15. The highest BCUT2D eigenvalue weighted by atomic mass is 79.9. The predicted molar refractivity (Wildman–Crippen MR) is 107 cm³/mol. The lowest BCUT2D eigenvalue weighted by Crippen LogP contribution is -2.23. The Kier molecular flexibility index (Phi) is 6.30. The molecule has 0 saturated heterocycles. The Balaban J connectivity index is 1.69. The Morgan fingerprint density at radius 1 is 1.12 bits per heavy atom. The van der Waals surface area contributed by atoms with E-state index < -0.39 is 0 Å². The van der Waals surface area contributed by atoms with Gasteiger partial charge in [-0.15, -0.1) is 0 Å². The molecule has 0 fully saturated rings. The second kappa shape index (κ2) is 8.87. The highest BCUT2D eigenvalue weighted by Gasteiger charge is 2.12. The van der Waals surface area contributed by atoms with Gasteiger partial charge < -0.3 is 10.1 Å². The number of hydrogen-bond donors (Lipinski definition) is 1. The zero-order chi connectivity index (χ0) is 18.4. The van der Waals surface area contributed by atoms with Gasteiger partial charge in [-0.3, -0.25) is 4.79 Å². The van der Waals surface area contributed by atoms with Gasteiger partial charge in [0.1, 0.15) is 10.8 Å². The van der Waals surface area contributed by atoms with Gasteiger partial charge in [-0.1, -0.05) is 36.0 Å². The summed E-state index contributed by atoms with van der Waals surface area (Å²) in [4.78, 5) is 17.9. The molecule has 0 atom stereocenters. The Bertz CT molecular complexity index is 883. The van der Waals surface area contributed by atoms with Crippen LogP contribution in [0.4, 0.5) is 0 Å². The van der Waals surface area contributed by atoms with Crippen LogP contribution < -0.4 is 10.1 Å². The third-order valence-electron chi connectivity index (χ3n) is 3.66. The Hall–Kier alpha value is -2.31. The minimum absolute atomic E-state index is 0.110. The van der Waals surface area contributed by atoms with Crippen LogP contribution in [0.3, 0.4) is 0 Å². The predicted octanol–water partition coefficient (Wildman–Crippen LogP) is 4.93. The number of methoxy groups -OCH3 is 1. The second-order valence-electron chi connectivity index (χ2n) is 5.44. The molecule has 0 aliphatic rings. The molecule has 26 heavy (non-hydrogen) atoms. The van der Waals surface area contributed by atoms with E-state index in [0.717, 1.165) is 25.7 Å². The topological polar surface area (TPSA) is 51.2 Å². The maximum atomic E-state index is 12.6. The number of carbonyl (C=O) groups excluding carboxylic acids is 1. The molecular formula is C20H17BrN2O2S. The van der Waals surface area contributed by atoms with Crippen LogP contribution in [0.2, 0.25) is 0 Å². The first-order valence-electron chi connectivity index (χ1n) is 7.95. The summed E-state index contributed by atoms with van der Waals surface area (Å²) < 4.78 is 6.07. The molecule has 6 heteroatoms. The van der Waals surface area contributed by atoms with E-state index in [1.807, 2.05) is 60.7 Å². The molecule has 2 aromatic carbocycles. The van der Waals surface area contributed by atoms with Gasteiger partial charge in [0.05, 0.1) is 12.7 Å². The van der Waals surface area contributed by atoms with E-state index in [4.69, 9.17) is 4.74 Å². The molecule has 0 bridgehead atoms. The molecule has 0 radical (unpaired) electrons. The monoisotopic (exact) mass is 428 g/mol. The largest absolute Gasteiger partial charge is 0.497 e. The number of hydrogen-bond acceptors (Lipinski definition) is 4. The van der Waals surface area contributed by atoms with Gasteiger partial charge in [-0.25, -0.2) is 4.98 Å². The van der Waals surface area contributed by atoms with Crippen LogP contribution in [0.15, 0.2) is 81.3 Å². The van der Waals surface area contributed by atoms with Crippen molar-refractivity contribution in [2.45, 2.75) is 16.5 Å². The molecule has 0 aliphatic carbocycles. The van der Waals surface area contributed by atoms with Crippen LogP contribution in [0.25, 0.3) is 0 Å². The molecule has 0 aliphatic heterocycles. The average molecular weight is 429 g/mol. The van der Waals surface area contributed by atoms with Crippen LogP contribution in [0.1, 0.15) is 15.9 Å². The van der Waals surface area contributed by atoms with Crippen molar-refractivity contribution in [1.82, 2.24) is 10.3 Å². The summed E-state index contributed by atoms with van der Waals surface area (Å²) in [6.07, 6.45) is 1.74. The summed E-state index contributed by atoms with van der Waals surface area (Å²) in [7, 11) is 1.63. The van der Waals surface area contributed by atoms with E-state index in [2.05, 4.69) is 26.2 Å². The fraction of sp³-hybridized carbons (Fsp3) is 0.100. The number of aromatic nitrogens is 1. The van der Waals surface area contributed by atoms with Gasteiger partial charge >= 0.3 is 0 Å². The number of carbonyl (C=O) groups is 1. The fourth-order valence-corrected chi connectivity index (χ4v) is 3.42. The third kappa shape index (κ3) is 4.86. The number of halogens is 1. The smallest absolute Gasteiger partial charge is 0.252 e. The highest BCUT2D eigenvalue weighted by Crippen LogP contribution is 2.29. The van der Waals surface area contributed by atoms with Gasteiger partial charge in [0.2, 0.25) is 0 Å². The molecule has 1 N–H and O–H groups in total. The molecule has 1 heterocycles. The SMILES string of the molecule is COc1ccc(CNC(=O)c2ccccc2Sc2ccc(Br)cn2)cc1. The van der Waals surface area contributed by atoms with Crippen molar-refractivity contribution in [3.63, 3.8) is 0 Å². The Morgan fingerprint density at radius 3 is 2.58 bits per heavy atom. The van der Waals surface area contributed by atoms with Crippen LogP contribution >= 0.6 is 27.7 Å². The fourth-order valence-electron chi connectivity index (χ4n) is 2.30. The van der Waals surface area contributed by atoms with Gasteiger partial charge in [-0.2, -0.15) is 0 Å². The van der Waals surface area contributed by atoms with Crippen LogP contribution in [0.5, 0.6) is 5.75 Å². The zero-order valence-corrected chi connectivity index (χ0v) is 16.5. The first-order chi connectivity index (χ1) is 12.7. The van der Waals surface area contributed by atoms with Crippen molar-refractivity contribution in [2.75, 3.05) is 7.11 Å². The summed E-state index contributed by atoms with van der Waals surface area (Å²) in [5.74, 6) is 0.685. The summed E-state index contributed by atoms with van der Waals surface area (Å²) in [6, 6.07) is 19.0. The van der Waals surface area contributed by atoms with E-state index in [-0.39, 0.29) is 5.91 Å². The molecule has 1 aromatic heterocycles. The van der Waals surface area contributed by atoms with Gasteiger partial charge in [0.25, 0.3) is 5.91 Å². The van der Waals surface area contributed by atoms with Crippen LogP contribution in [0, 0.1) is 0 Å².